The number of benzene rings is 3. The van der Waals surface area contributed by atoms with Crippen LogP contribution in [0.15, 0.2) is 66.7 Å². The Morgan fingerprint density at radius 3 is 2.41 bits per heavy atom. The van der Waals surface area contributed by atoms with Gasteiger partial charge in [-0.05, 0) is 46.5 Å². The van der Waals surface area contributed by atoms with E-state index in [1.165, 1.54) is 27.9 Å². The molecule has 0 aliphatic carbocycles. The van der Waals surface area contributed by atoms with Gasteiger partial charge in [0.2, 0.25) is 0 Å². The van der Waals surface area contributed by atoms with Gasteiger partial charge in [-0.3, -0.25) is 0 Å². The van der Waals surface area contributed by atoms with Crippen LogP contribution in [0.5, 0.6) is 0 Å². The Morgan fingerprint density at radius 2 is 1.69 bits per heavy atom. The minimum Gasteiger partial charge on any atom is -0.366 e. The summed E-state index contributed by atoms with van der Waals surface area (Å²) in [6.07, 6.45) is 0. The molecule has 1 heterocycles. The van der Waals surface area contributed by atoms with Gasteiger partial charge in [-0.2, -0.15) is 5.26 Å². The Morgan fingerprint density at radius 1 is 0.966 bits per heavy atom. The molecule has 0 bridgehead atoms. The van der Waals surface area contributed by atoms with Crippen LogP contribution in [0.2, 0.25) is 0 Å². The van der Waals surface area contributed by atoms with Crippen LogP contribution in [0, 0.1) is 11.3 Å². The normalized spacial score (nSPS) is 12.3. The zero-order chi connectivity index (χ0) is 20.1. The zero-order valence-corrected chi connectivity index (χ0v) is 16.4. The molecule has 0 atom stereocenters. The van der Waals surface area contributed by atoms with E-state index in [9.17, 15) is 0 Å². The van der Waals surface area contributed by atoms with Crippen LogP contribution in [0.1, 0.15) is 16.7 Å². The van der Waals surface area contributed by atoms with Gasteiger partial charge in [0.25, 0.3) is 0 Å². The first-order chi connectivity index (χ1) is 14.3. The lowest BCUT2D eigenvalue weighted by Crippen LogP contribution is -2.22. The second-order valence-electron chi connectivity index (χ2n) is 7.24. The molecule has 29 heavy (non-hydrogen) atoms. The molecule has 3 aromatic carbocycles. The maximum absolute atomic E-state index is 8.97. The third-order valence-electron chi connectivity index (χ3n) is 5.19. The molecule has 5 nitrogen and oxygen atoms in total. The topological polar surface area (TPSA) is 77.1 Å². The molecule has 146 valence electrons. The van der Waals surface area contributed by atoms with Crippen molar-refractivity contribution in [3.05, 3.63) is 83.4 Å². The molecule has 5 heteroatoms. The molecule has 1 aliphatic rings. The number of hydrogen-bond acceptors (Lipinski definition) is 5. The van der Waals surface area contributed by atoms with Gasteiger partial charge in [0.15, 0.2) is 0 Å². The van der Waals surface area contributed by atoms with E-state index in [4.69, 9.17) is 11.0 Å². The first-order valence-electron chi connectivity index (χ1n) is 9.89. The van der Waals surface area contributed by atoms with Gasteiger partial charge in [-0.15, -0.1) is 0 Å². The van der Waals surface area contributed by atoms with Crippen LogP contribution >= 0.6 is 0 Å². The first kappa shape index (κ1) is 19.0. The van der Waals surface area contributed by atoms with E-state index in [0.29, 0.717) is 12.1 Å². The summed E-state index contributed by atoms with van der Waals surface area (Å²) in [4.78, 5) is 2.32. The van der Waals surface area contributed by atoms with Gasteiger partial charge in [-0.25, -0.2) is 0 Å². The number of rotatable bonds is 7. The van der Waals surface area contributed by atoms with Crippen molar-refractivity contribution >= 4 is 11.4 Å². The highest BCUT2D eigenvalue weighted by Crippen LogP contribution is 2.36. The Labute approximate surface area is 171 Å². The lowest BCUT2D eigenvalue weighted by molar-refractivity contribution is 0.695. The minimum absolute atomic E-state index is 0.653. The van der Waals surface area contributed by atoms with Crippen molar-refractivity contribution in [2.75, 3.05) is 30.0 Å². The van der Waals surface area contributed by atoms with E-state index < -0.39 is 0 Å². The van der Waals surface area contributed by atoms with Crippen molar-refractivity contribution in [3.8, 4) is 17.2 Å². The molecule has 0 aromatic heterocycles. The average molecular weight is 383 g/mol. The Bertz CT molecular complexity index is 1000. The smallest absolute Gasteiger partial charge is 0.0991 e. The molecular weight excluding hydrogens is 358 g/mol. The summed E-state index contributed by atoms with van der Waals surface area (Å²) < 4.78 is 0. The van der Waals surface area contributed by atoms with Crippen LogP contribution in [0.4, 0.5) is 11.4 Å². The quantitative estimate of drug-likeness (QED) is 0.543. The fourth-order valence-corrected chi connectivity index (χ4v) is 3.58. The maximum atomic E-state index is 8.97. The van der Waals surface area contributed by atoms with Crippen LogP contribution in [-0.4, -0.2) is 19.8 Å². The van der Waals surface area contributed by atoms with Crippen molar-refractivity contribution in [1.29, 1.82) is 5.26 Å². The van der Waals surface area contributed by atoms with Crippen molar-refractivity contribution in [2.24, 2.45) is 5.73 Å². The summed E-state index contributed by atoms with van der Waals surface area (Å²) in [5.74, 6) is 0. The Balaban J connectivity index is 1.50. The van der Waals surface area contributed by atoms with Crippen LogP contribution < -0.4 is 21.3 Å². The third kappa shape index (κ3) is 4.40. The van der Waals surface area contributed by atoms with Crippen LogP contribution in [0.3, 0.4) is 0 Å². The number of fused-ring (bicyclic) bond motifs is 1. The number of hydrogen-bond donors (Lipinski definition) is 3. The summed E-state index contributed by atoms with van der Waals surface area (Å²) in [7, 11) is 0. The lowest BCUT2D eigenvalue weighted by Gasteiger charge is -2.19. The summed E-state index contributed by atoms with van der Waals surface area (Å²) in [6, 6.07) is 25.2. The molecular formula is C24H25N5. The molecule has 4 rings (SSSR count). The Hall–Kier alpha value is -3.33. The van der Waals surface area contributed by atoms with Gasteiger partial charge >= 0.3 is 0 Å². The largest absolute Gasteiger partial charge is 0.366 e. The number of anilines is 2. The molecule has 4 N–H and O–H groups in total. The molecule has 0 fully saturated rings. The van der Waals surface area contributed by atoms with Gasteiger partial charge in [0, 0.05) is 26.2 Å². The van der Waals surface area contributed by atoms with Gasteiger partial charge in [0.1, 0.15) is 0 Å². The molecule has 3 aromatic rings. The van der Waals surface area contributed by atoms with E-state index >= 15 is 0 Å². The molecule has 0 amide bonds. The SMILES string of the molecule is N#Cc1ccc(CN2CNc3ccc(-c4ccc(CNCCN)cc4)cc32)cc1. The molecule has 0 saturated heterocycles. The summed E-state index contributed by atoms with van der Waals surface area (Å²) in [5, 5.41) is 15.8. The maximum Gasteiger partial charge on any atom is 0.0991 e. The van der Waals surface area contributed by atoms with Crippen molar-refractivity contribution < 1.29 is 0 Å². The second kappa shape index (κ2) is 8.78. The molecule has 0 unspecified atom stereocenters. The number of nitriles is 1. The van der Waals surface area contributed by atoms with E-state index in [0.717, 1.165) is 32.0 Å². The Kier molecular flexibility index (Phi) is 5.76. The minimum atomic E-state index is 0.653. The van der Waals surface area contributed by atoms with E-state index in [1.807, 2.05) is 24.3 Å². The van der Waals surface area contributed by atoms with Gasteiger partial charge < -0.3 is 21.3 Å². The summed E-state index contributed by atoms with van der Waals surface area (Å²) in [6.45, 7) is 3.91. The first-order valence-corrected chi connectivity index (χ1v) is 9.89. The summed E-state index contributed by atoms with van der Waals surface area (Å²) >= 11 is 0. The molecule has 1 aliphatic heterocycles. The van der Waals surface area contributed by atoms with Crippen molar-refractivity contribution in [2.45, 2.75) is 13.1 Å². The van der Waals surface area contributed by atoms with Gasteiger partial charge in [0.05, 0.1) is 29.7 Å². The molecule has 0 radical (unpaired) electrons. The number of nitrogens with zero attached hydrogens (tertiary/aromatic N) is 2. The lowest BCUT2D eigenvalue weighted by atomic mass is 10.0. The zero-order valence-electron chi connectivity index (χ0n) is 16.4. The average Bonchev–Trinajstić information content (AvgIpc) is 3.17. The van der Waals surface area contributed by atoms with E-state index in [1.54, 1.807) is 0 Å². The van der Waals surface area contributed by atoms with Crippen LogP contribution in [-0.2, 0) is 13.1 Å². The highest BCUT2D eigenvalue weighted by Gasteiger charge is 2.19. The second-order valence-corrected chi connectivity index (χ2v) is 7.24. The fraction of sp³-hybridized carbons (Fsp3) is 0.208. The molecule has 0 saturated carbocycles. The predicted octanol–water partition coefficient (Wildman–Crippen LogP) is 3.66. The summed E-state index contributed by atoms with van der Waals surface area (Å²) in [5.41, 5.74) is 13.5. The van der Waals surface area contributed by atoms with Gasteiger partial charge in [-0.1, -0.05) is 42.5 Å². The third-order valence-corrected chi connectivity index (χ3v) is 5.19. The highest BCUT2D eigenvalue weighted by molar-refractivity contribution is 5.81. The monoisotopic (exact) mass is 383 g/mol. The van der Waals surface area contributed by atoms with E-state index in [2.05, 4.69) is 64.1 Å². The van der Waals surface area contributed by atoms with Crippen molar-refractivity contribution in [3.63, 3.8) is 0 Å². The van der Waals surface area contributed by atoms with Crippen molar-refractivity contribution in [1.82, 2.24) is 5.32 Å². The highest BCUT2D eigenvalue weighted by atomic mass is 15.3. The standard InChI is InChI=1S/C24H25N5/c25-11-12-27-15-19-5-7-21(8-6-19)22-9-10-23-24(13-22)29(17-28-23)16-20-3-1-18(14-26)2-4-20/h1-10,13,27-28H,11-12,15-17,25H2. The number of nitrogens with one attached hydrogen (secondary N) is 2. The predicted molar refractivity (Wildman–Crippen MR) is 118 cm³/mol. The number of nitrogens with two attached hydrogens (primary N) is 1. The molecule has 0 spiro atoms. The fourth-order valence-electron chi connectivity index (χ4n) is 3.58. The van der Waals surface area contributed by atoms with E-state index in [-0.39, 0.29) is 0 Å². The van der Waals surface area contributed by atoms with Crippen LogP contribution in [0.25, 0.3) is 11.1 Å².